The number of hydrogen-bond acceptors (Lipinski definition) is 5. The molecular formula is C23H25BrCl2FN5O. The first kappa shape index (κ1) is 25.5. The topological polar surface area (TPSA) is 55.2 Å². The van der Waals surface area contributed by atoms with Gasteiger partial charge in [-0.05, 0) is 79.7 Å². The van der Waals surface area contributed by atoms with Crippen LogP contribution in [0.25, 0.3) is 21.8 Å². The second kappa shape index (κ2) is 10.9. The molecule has 2 aromatic heterocycles. The Bertz CT molecular complexity index is 1280. The maximum Gasteiger partial charge on any atom is 0.163 e. The first-order chi connectivity index (χ1) is 15.3. The lowest BCUT2D eigenvalue weighted by atomic mass is 10.1. The average Bonchev–Trinajstić information content (AvgIpc) is 3.03. The van der Waals surface area contributed by atoms with E-state index in [1.807, 2.05) is 19.2 Å². The van der Waals surface area contributed by atoms with Crippen molar-refractivity contribution in [1.29, 1.82) is 0 Å². The van der Waals surface area contributed by atoms with Crippen molar-refractivity contribution in [1.82, 2.24) is 19.7 Å². The molecule has 176 valence electrons. The average molecular weight is 557 g/mol. The zero-order valence-corrected chi connectivity index (χ0v) is 21.7. The molecule has 0 aliphatic rings. The van der Waals surface area contributed by atoms with Gasteiger partial charge in [-0.25, -0.2) is 4.39 Å². The van der Waals surface area contributed by atoms with Gasteiger partial charge in [0.15, 0.2) is 5.82 Å². The number of fused-ring (bicyclic) bond motifs is 3. The first-order valence-corrected chi connectivity index (χ1v) is 11.4. The number of aryl methyl sites for hydroxylation is 1. The molecule has 0 bridgehead atoms. The molecule has 0 fully saturated rings. The molecule has 10 heteroatoms. The minimum atomic E-state index is -0.469. The number of halogens is 4. The quantitative estimate of drug-likeness (QED) is 0.249. The van der Waals surface area contributed by atoms with Crippen LogP contribution in [0.1, 0.15) is 12.8 Å². The third-order valence-electron chi connectivity index (χ3n) is 5.31. The number of rotatable bonds is 8. The van der Waals surface area contributed by atoms with Gasteiger partial charge in [0, 0.05) is 18.1 Å². The van der Waals surface area contributed by atoms with Crippen molar-refractivity contribution in [2.75, 3.05) is 32.6 Å². The highest BCUT2D eigenvalue weighted by Crippen LogP contribution is 2.38. The maximum absolute atomic E-state index is 13.6. The summed E-state index contributed by atoms with van der Waals surface area (Å²) in [4.78, 5) is 2.17. The van der Waals surface area contributed by atoms with Crippen LogP contribution in [0.5, 0.6) is 5.75 Å². The van der Waals surface area contributed by atoms with Crippen LogP contribution in [0.2, 0.25) is 5.02 Å². The summed E-state index contributed by atoms with van der Waals surface area (Å²) in [5.74, 6) is 0.876. The van der Waals surface area contributed by atoms with E-state index in [-0.39, 0.29) is 17.4 Å². The zero-order chi connectivity index (χ0) is 22.8. The molecular weight excluding hydrogens is 532 g/mol. The summed E-state index contributed by atoms with van der Waals surface area (Å²) >= 11 is 9.59. The van der Waals surface area contributed by atoms with Crippen LogP contribution in [-0.2, 0) is 7.05 Å². The Morgan fingerprint density at radius 1 is 1.18 bits per heavy atom. The Labute approximate surface area is 211 Å². The molecule has 0 unspecified atom stereocenters. The zero-order valence-electron chi connectivity index (χ0n) is 18.5. The van der Waals surface area contributed by atoms with E-state index < -0.39 is 5.82 Å². The van der Waals surface area contributed by atoms with Gasteiger partial charge in [0.05, 0.1) is 38.7 Å². The molecule has 2 heterocycles. The first-order valence-electron chi connectivity index (χ1n) is 10.3. The van der Waals surface area contributed by atoms with Crippen LogP contribution in [0.3, 0.4) is 0 Å². The number of benzene rings is 2. The van der Waals surface area contributed by atoms with Gasteiger partial charge in [0.1, 0.15) is 11.6 Å². The second-order valence-electron chi connectivity index (χ2n) is 7.92. The summed E-state index contributed by atoms with van der Waals surface area (Å²) in [6.07, 6.45) is 3.78. The molecule has 33 heavy (non-hydrogen) atoms. The minimum absolute atomic E-state index is 0. The molecule has 0 radical (unpaired) electrons. The van der Waals surface area contributed by atoms with Gasteiger partial charge in [-0.15, -0.1) is 17.5 Å². The molecule has 0 aliphatic heterocycles. The van der Waals surface area contributed by atoms with Gasteiger partial charge in [-0.1, -0.05) is 11.6 Å². The summed E-state index contributed by atoms with van der Waals surface area (Å²) in [5, 5.41) is 13.6. The Hall–Kier alpha value is -2.13. The smallest absolute Gasteiger partial charge is 0.163 e. The lowest BCUT2D eigenvalue weighted by molar-refractivity contribution is 0.292. The van der Waals surface area contributed by atoms with Crippen molar-refractivity contribution in [2.24, 2.45) is 7.05 Å². The van der Waals surface area contributed by atoms with Gasteiger partial charge in [-0.3, -0.25) is 0 Å². The van der Waals surface area contributed by atoms with Crippen LogP contribution >= 0.6 is 39.9 Å². The lowest BCUT2D eigenvalue weighted by Gasteiger charge is -2.11. The molecule has 4 aromatic rings. The molecule has 1 N–H and O–H groups in total. The van der Waals surface area contributed by atoms with E-state index in [9.17, 15) is 4.39 Å². The fourth-order valence-electron chi connectivity index (χ4n) is 3.67. The van der Waals surface area contributed by atoms with Crippen LogP contribution in [0.4, 0.5) is 15.9 Å². The number of anilines is 2. The molecule has 0 spiro atoms. The van der Waals surface area contributed by atoms with E-state index >= 15 is 0 Å². The summed E-state index contributed by atoms with van der Waals surface area (Å²) < 4.78 is 22.6. The monoisotopic (exact) mass is 555 g/mol. The van der Waals surface area contributed by atoms with Gasteiger partial charge in [-0.2, -0.15) is 5.10 Å². The highest BCUT2D eigenvalue weighted by atomic mass is 79.9. The minimum Gasteiger partial charge on any atom is -0.492 e. The van der Waals surface area contributed by atoms with E-state index in [1.165, 1.54) is 12.1 Å². The number of nitrogens with zero attached hydrogens (tertiary/aromatic N) is 4. The van der Waals surface area contributed by atoms with Crippen LogP contribution in [0.15, 0.2) is 41.0 Å². The fourth-order valence-corrected chi connectivity index (χ4v) is 4.29. The van der Waals surface area contributed by atoms with E-state index in [2.05, 4.69) is 55.0 Å². The SMILES string of the molecule is CN(C)CCCCOc1cc2c3c(Nc4ccc(F)c(Cl)c4)nncc3n(C)c2cc1Br.Cl. The number of hydrogen-bond donors (Lipinski definition) is 1. The van der Waals surface area contributed by atoms with Gasteiger partial charge in [0.25, 0.3) is 0 Å². The molecule has 2 aromatic carbocycles. The van der Waals surface area contributed by atoms with Crippen molar-refractivity contribution < 1.29 is 9.13 Å². The Morgan fingerprint density at radius 2 is 1.97 bits per heavy atom. The van der Waals surface area contributed by atoms with Crippen molar-refractivity contribution in [3.63, 3.8) is 0 Å². The van der Waals surface area contributed by atoms with Crippen LogP contribution < -0.4 is 10.1 Å². The molecule has 0 aliphatic carbocycles. The van der Waals surface area contributed by atoms with E-state index in [4.69, 9.17) is 16.3 Å². The molecule has 0 atom stereocenters. The predicted octanol–water partition coefficient (Wildman–Crippen LogP) is 6.56. The van der Waals surface area contributed by atoms with E-state index in [1.54, 1.807) is 12.3 Å². The third kappa shape index (κ3) is 5.51. The Morgan fingerprint density at radius 3 is 2.70 bits per heavy atom. The summed E-state index contributed by atoms with van der Waals surface area (Å²) in [7, 11) is 6.12. The normalized spacial score (nSPS) is 11.2. The molecule has 0 amide bonds. The summed E-state index contributed by atoms with van der Waals surface area (Å²) in [6, 6.07) is 8.54. The standard InChI is InChI=1S/C23H24BrClFN5O.ClH/c1-30(2)8-4-5-9-32-21-11-15-19(12-16(21)24)31(3)20-13-27-29-23(22(15)20)28-14-6-7-18(26)17(25)10-14;/h6-7,10-13H,4-5,8-9H2,1-3H3,(H,28,29);1H. The van der Waals surface area contributed by atoms with E-state index in [0.717, 1.165) is 51.4 Å². The van der Waals surface area contributed by atoms with Crippen molar-refractivity contribution in [3.05, 3.63) is 51.8 Å². The van der Waals surface area contributed by atoms with Gasteiger partial charge < -0.3 is 19.5 Å². The summed E-state index contributed by atoms with van der Waals surface area (Å²) in [5.41, 5.74) is 2.56. The fraction of sp³-hybridized carbons (Fsp3) is 0.304. The number of nitrogens with one attached hydrogen (secondary N) is 1. The Balaban J connectivity index is 0.00000306. The second-order valence-corrected chi connectivity index (χ2v) is 9.19. The molecule has 0 saturated heterocycles. The molecule has 4 rings (SSSR count). The largest absolute Gasteiger partial charge is 0.492 e. The van der Waals surface area contributed by atoms with Crippen LogP contribution in [-0.4, -0.2) is 46.9 Å². The summed E-state index contributed by atoms with van der Waals surface area (Å²) in [6.45, 7) is 1.68. The van der Waals surface area contributed by atoms with E-state index in [0.29, 0.717) is 18.1 Å². The van der Waals surface area contributed by atoms with Crippen LogP contribution in [0, 0.1) is 5.82 Å². The number of aromatic nitrogens is 3. The Kier molecular flexibility index (Phi) is 8.39. The van der Waals surface area contributed by atoms with Gasteiger partial charge >= 0.3 is 0 Å². The number of unbranched alkanes of at least 4 members (excludes halogenated alkanes) is 1. The maximum atomic E-state index is 13.6. The predicted molar refractivity (Wildman–Crippen MR) is 139 cm³/mol. The molecule has 6 nitrogen and oxygen atoms in total. The molecule has 0 saturated carbocycles. The highest BCUT2D eigenvalue weighted by Gasteiger charge is 2.17. The highest BCUT2D eigenvalue weighted by molar-refractivity contribution is 9.10. The van der Waals surface area contributed by atoms with Crippen molar-refractivity contribution in [3.8, 4) is 5.75 Å². The third-order valence-corrected chi connectivity index (χ3v) is 6.22. The number of ether oxygens (including phenoxy) is 1. The van der Waals surface area contributed by atoms with Gasteiger partial charge in [0.2, 0.25) is 0 Å². The van der Waals surface area contributed by atoms with Crippen molar-refractivity contribution in [2.45, 2.75) is 12.8 Å². The lowest BCUT2D eigenvalue weighted by Crippen LogP contribution is -2.13. The van der Waals surface area contributed by atoms with Crippen molar-refractivity contribution >= 4 is 73.2 Å².